The van der Waals surface area contributed by atoms with E-state index in [0.717, 1.165) is 11.3 Å². The third kappa shape index (κ3) is 5.38. The van der Waals surface area contributed by atoms with Crippen molar-refractivity contribution in [3.8, 4) is 5.88 Å². The first-order chi connectivity index (χ1) is 12.6. The first-order valence-electron chi connectivity index (χ1n) is 8.17. The number of aromatic nitrogens is 1. The molecule has 1 saturated carbocycles. The van der Waals surface area contributed by atoms with E-state index in [1.807, 2.05) is 19.2 Å². The van der Waals surface area contributed by atoms with Gasteiger partial charge in [-0.15, -0.1) is 0 Å². The molecule has 3 rings (SSSR count). The molecule has 2 aromatic rings. The Morgan fingerprint density at radius 1 is 1.31 bits per heavy atom. The summed E-state index contributed by atoms with van der Waals surface area (Å²) in [6.45, 7) is 0.322. The summed E-state index contributed by atoms with van der Waals surface area (Å²) in [5.74, 6) is 5.23. The van der Waals surface area contributed by atoms with Gasteiger partial charge in [-0.1, -0.05) is 18.2 Å². The van der Waals surface area contributed by atoms with E-state index in [0.29, 0.717) is 18.9 Å². The number of amides is 1. The summed E-state index contributed by atoms with van der Waals surface area (Å²) in [7, 11) is 1.87. The molecule has 0 bridgehead atoms. The van der Waals surface area contributed by atoms with Crippen LogP contribution in [0.5, 0.6) is 5.88 Å². The molecule has 140 valence electrons. The minimum Gasteiger partial charge on any atom is -0.473 e. The molecule has 1 aromatic heterocycles. The van der Waals surface area contributed by atoms with Gasteiger partial charge >= 0.3 is 0 Å². The monoisotopic (exact) mass is 364 g/mol. The highest BCUT2D eigenvalue weighted by molar-refractivity contribution is 5.55. The van der Waals surface area contributed by atoms with E-state index < -0.39 is 6.43 Å². The van der Waals surface area contributed by atoms with Gasteiger partial charge in [0.15, 0.2) is 0 Å². The molecular formula is C18H22F2N4O2. The summed E-state index contributed by atoms with van der Waals surface area (Å²) < 4.78 is 31.0. The van der Waals surface area contributed by atoms with Crippen molar-refractivity contribution in [3.63, 3.8) is 0 Å². The number of nitrogens with one attached hydrogen (secondary N) is 2. The summed E-state index contributed by atoms with van der Waals surface area (Å²) in [6, 6.07) is 10.6. The maximum atomic E-state index is 12.7. The van der Waals surface area contributed by atoms with Gasteiger partial charge in [-0.2, -0.15) is 0 Å². The van der Waals surface area contributed by atoms with E-state index in [2.05, 4.69) is 22.2 Å². The van der Waals surface area contributed by atoms with Crippen molar-refractivity contribution < 1.29 is 18.3 Å². The number of halogens is 2. The fraction of sp³-hybridized carbons (Fsp3) is 0.333. The zero-order valence-electron chi connectivity index (χ0n) is 14.4. The second-order valence-corrected chi connectivity index (χ2v) is 5.67. The predicted molar refractivity (Wildman–Crippen MR) is 94.9 cm³/mol. The highest BCUT2D eigenvalue weighted by atomic mass is 19.3. The SMILES string of the molecule is CNc1cccc(C2CC2)c1COc1cccc(C(F)F)n1.NNC=O. The Morgan fingerprint density at radius 2 is 2.00 bits per heavy atom. The number of pyridine rings is 1. The van der Waals surface area contributed by atoms with Crippen LogP contribution in [0.25, 0.3) is 0 Å². The van der Waals surface area contributed by atoms with Crippen molar-refractivity contribution in [2.75, 3.05) is 12.4 Å². The van der Waals surface area contributed by atoms with Crippen LogP contribution in [0.1, 0.15) is 42.0 Å². The Morgan fingerprint density at radius 3 is 2.58 bits per heavy atom. The lowest BCUT2D eigenvalue weighted by Crippen LogP contribution is -2.18. The molecular weight excluding hydrogens is 342 g/mol. The summed E-state index contributed by atoms with van der Waals surface area (Å²) >= 11 is 0. The Bertz CT molecular complexity index is 724. The van der Waals surface area contributed by atoms with Crippen molar-refractivity contribution >= 4 is 12.1 Å². The molecule has 0 radical (unpaired) electrons. The summed E-state index contributed by atoms with van der Waals surface area (Å²) in [4.78, 5) is 12.8. The molecule has 4 N–H and O–H groups in total. The number of alkyl halides is 2. The first-order valence-corrected chi connectivity index (χ1v) is 8.17. The molecule has 1 aliphatic carbocycles. The van der Waals surface area contributed by atoms with Crippen molar-refractivity contribution in [3.05, 3.63) is 53.2 Å². The molecule has 8 heteroatoms. The molecule has 0 atom stereocenters. The van der Waals surface area contributed by atoms with Crippen LogP contribution >= 0.6 is 0 Å². The number of anilines is 1. The predicted octanol–water partition coefficient (Wildman–Crippen LogP) is 3.12. The molecule has 1 fully saturated rings. The summed E-state index contributed by atoms with van der Waals surface area (Å²) in [5, 5.41) is 3.16. The maximum Gasteiger partial charge on any atom is 0.280 e. The third-order valence-corrected chi connectivity index (χ3v) is 3.90. The highest BCUT2D eigenvalue weighted by Crippen LogP contribution is 2.43. The molecule has 1 heterocycles. The minimum absolute atomic E-state index is 0.227. The zero-order chi connectivity index (χ0) is 18.9. The number of hydrogen-bond donors (Lipinski definition) is 3. The molecule has 0 spiro atoms. The van der Waals surface area contributed by atoms with E-state index in [4.69, 9.17) is 9.53 Å². The third-order valence-electron chi connectivity index (χ3n) is 3.90. The van der Waals surface area contributed by atoms with Crippen LogP contribution in [0.15, 0.2) is 36.4 Å². The zero-order valence-corrected chi connectivity index (χ0v) is 14.4. The number of benzene rings is 1. The summed E-state index contributed by atoms with van der Waals surface area (Å²) in [5.41, 5.74) is 4.85. The largest absolute Gasteiger partial charge is 0.473 e. The number of hydrogen-bond acceptors (Lipinski definition) is 5. The van der Waals surface area contributed by atoms with Crippen LogP contribution in [0.2, 0.25) is 0 Å². The first kappa shape index (κ1) is 19.6. The van der Waals surface area contributed by atoms with Gasteiger partial charge in [0, 0.05) is 24.4 Å². The van der Waals surface area contributed by atoms with Gasteiger partial charge in [0.1, 0.15) is 12.3 Å². The summed E-state index contributed by atoms with van der Waals surface area (Å²) in [6.07, 6.45) is 0.202. The van der Waals surface area contributed by atoms with Crippen molar-refractivity contribution in [2.24, 2.45) is 5.84 Å². The minimum atomic E-state index is -2.59. The lowest BCUT2D eigenvalue weighted by Gasteiger charge is -2.15. The molecule has 6 nitrogen and oxygen atoms in total. The fourth-order valence-electron chi connectivity index (χ4n) is 2.56. The van der Waals surface area contributed by atoms with Gasteiger partial charge in [0.05, 0.1) is 0 Å². The van der Waals surface area contributed by atoms with Gasteiger partial charge in [0.2, 0.25) is 12.3 Å². The molecule has 0 unspecified atom stereocenters. The van der Waals surface area contributed by atoms with Crippen LogP contribution in [0.3, 0.4) is 0 Å². The smallest absolute Gasteiger partial charge is 0.280 e. The Balaban J connectivity index is 0.000000552. The number of carbonyl (C=O) groups is 1. The van der Waals surface area contributed by atoms with Gasteiger partial charge in [0.25, 0.3) is 6.43 Å². The molecule has 0 saturated heterocycles. The fourth-order valence-corrected chi connectivity index (χ4v) is 2.56. The van der Waals surface area contributed by atoms with Gasteiger partial charge in [-0.05, 0) is 36.5 Å². The average Bonchev–Trinajstić information content (AvgIpc) is 3.51. The highest BCUT2D eigenvalue weighted by Gasteiger charge is 2.27. The van der Waals surface area contributed by atoms with E-state index in [9.17, 15) is 8.78 Å². The van der Waals surface area contributed by atoms with Gasteiger partial charge in [-0.25, -0.2) is 19.6 Å². The van der Waals surface area contributed by atoms with Crippen LogP contribution in [-0.4, -0.2) is 18.4 Å². The molecule has 0 aliphatic heterocycles. The van der Waals surface area contributed by atoms with Crippen molar-refractivity contribution in [1.82, 2.24) is 10.4 Å². The number of ether oxygens (including phenoxy) is 1. The average molecular weight is 364 g/mol. The van der Waals surface area contributed by atoms with Crippen LogP contribution in [0, 0.1) is 0 Å². The number of nitrogens with two attached hydrogens (primary N) is 1. The van der Waals surface area contributed by atoms with Gasteiger partial charge in [-0.3, -0.25) is 10.2 Å². The number of carbonyl (C=O) groups excluding carboxylic acids is 1. The Labute approximate surface area is 150 Å². The van der Waals surface area contributed by atoms with Crippen LogP contribution < -0.4 is 21.3 Å². The normalized spacial score (nSPS) is 12.8. The van der Waals surface area contributed by atoms with E-state index in [1.54, 1.807) is 11.5 Å². The lowest BCUT2D eigenvalue weighted by atomic mass is 10.0. The van der Waals surface area contributed by atoms with Crippen LogP contribution in [0.4, 0.5) is 14.5 Å². The molecule has 26 heavy (non-hydrogen) atoms. The van der Waals surface area contributed by atoms with E-state index >= 15 is 0 Å². The number of hydrazine groups is 1. The van der Waals surface area contributed by atoms with E-state index in [1.165, 1.54) is 30.5 Å². The van der Waals surface area contributed by atoms with Crippen LogP contribution in [-0.2, 0) is 11.4 Å². The molecule has 1 aromatic carbocycles. The number of nitrogens with zero attached hydrogens (tertiary/aromatic N) is 1. The Hall–Kier alpha value is -2.74. The molecule has 1 amide bonds. The second-order valence-electron chi connectivity index (χ2n) is 5.67. The standard InChI is InChI=1S/C17H18F2N2O.CH4N2O/c1-20-14-5-2-4-12(11-8-9-11)13(14)10-22-16-7-3-6-15(21-16)17(18)19;2-3-1-4/h2-7,11,17,20H,8-10H2,1H3;1H,2H2,(H,3,4). The van der Waals surface area contributed by atoms with E-state index in [-0.39, 0.29) is 11.6 Å². The topological polar surface area (TPSA) is 89.3 Å². The van der Waals surface area contributed by atoms with Crippen molar-refractivity contribution in [2.45, 2.75) is 31.8 Å². The Kier molecular flexibility index (Phi) is 7.28. The lowest BCUT2D eigenvalue weighted by molar-refractivity contribution is -0.109. The number of rotatable bonds is 7. The quantitative estimate of drug-likeness (QED) is 0.304. The maximum absolute atomic E-state index is 12.7. The molecule has 1 aliphatic rings. The van der Waals surface area contributed by atoms with Crippen molar-refractivity contribution in [1.29, 1.82) is 0 Å². The van der Waals surface area contributed by atoms with Gasteiger partial charge < -0.3 is 10.1 Å². The second kappa shape index (κ2) is 9.67.